The number of thiazole rings is 1. The Labute approximate surface area is 191 Å². The standard InChI is InChI=1S/C24H25N5O2S/c30-22-7-4-12-29(22)20-10-8-19(9-11-20)25-23(31)27-13-15-28(16-14-27)24-26-21(17-32-24)18-5-2-1-3-6-18/h1-3,5-6,8-11,17H,4,7,12-16H2,(H,25,31). The first-order chi connectivity index (χ1) is 15.7. The minimum atomic E-state index is -0.0984. The number of benzene rings is 2. The molecule has 2 saturated heterocycles. The maximum atomic E-state index is 12.7. The average molecular weight is 448 g/mol. The molecule has 2 aliphatic heterocycles. The van der Waals surface area contributed by atoms with Crippen LogP contribution in [0.3, 0.4) is 0 Å². The zero-order chi connectivity index (χ0) is 21.9. The number of urea groups is 1. The number of aromatic nitrogens is 1. The van der Waals surface area contributed by atoms with E-state index in [2.05, 4.69) is 27.7 Å². The van der Waals surface area contributed by atoms with Crippen molar-refractivity contribution < 1.29 is 9.59 Å². The van der Waals surface area contributed by atoms with E-state index < -0.39 is 0 Å². The van der Waals surface area contributed by atoms with E-state index in [4.69, 9.17) is 4.98 Å². The molecule has 0 unspecified atom stereocenters. The highest BCUT2D eigenvalue weighted by molar-refractivity contribution is 7.14. The summed E-state index contributed by atoms with van der Waals surface area (Å²) in [6.45, 7) is 3.57. The molecule has 8 heteroatoms. The van der Waals surface area contributed by atoms with E-state index in [1.165, 1.54) is 0 Å². The smallest absolute Gasteiger partial charge is 0.321 e. The molecule has 32 heavy (non-hydrogen) atoms. The van der Waals surface area contributed by atoms with E-state index in [9.17, 15) is 9.59 Å². The number of hydrogen-bond acceptors (Lipinski definition) is 5. The molecule has 0 saturated carbocycles. The minimum Gasteiger partial charge on any atom is -0.345 e. The molecule has 5 rings (SSSR count). The van der Waals surface area contributed by atoms with Crippen molar-refractivity contribution in [1.82, 2.24) is 9.88 Å². The molecular formula is C24H25N5O2S. The number of anilines is 3. The van der Waals surface area contributed by atoms with Crippen molar-refractivity contribution in [2.24, 2.45) is 0 Å². The Kier molecular flexibility index (Phi) is 5.77. The summed E-state index contributed by atoms with van der Waals surface area (Å²) < 4.78 is 0. The average Bonchev–Trinajstić information content (AvgIpc) is 3.50. The van der Waals surface area contributed by atoms with Crippen LogP contribution in [0.15, 0.2) is 60.0 Å². The van der Waals surface area contributed by atoms with Crippen LogP contribution in [0.2, 0.25) is 0 Å². The Hall–Kier alpha value is -3.39. The Morgan fingerprint density at radius 2 is 1.69 bits per heavy atom. The molecule has 164 valence electrons. The third-order valence-corrected chi connectivity index (χ3v) is 6.80. The van der Waals surface area contributed by atoms with Crippen molar-refractivity contribution in [3.05, 3.63) is 60.0 Å². The molecule has 0 bridgehead atoms. The fourth-order valence-corrected chi connectivity index (χ4v) is 4.99. The lowest BCUT2D eigenvalue weighted by molar-refractivity contribution is -0.117. The zero-order valence-electron chi connectivity index (χ0n) is 17.7. The van der Waals surface area contributed by atoms with Crippen molar-refractivity contribution >= 4 is 39.8 Å². The molecule has 3 heterocycles. The fraction of sp³-hybridized carbons (Fsp3) is 0.292. The minimum absolute atomic E-state index is 0.0984. The first-order valence-electron chi connectivity index (χ1n) is 10.9. The van der Waals surface area contributed by atoms with Crippen LogP contribution in [0.1, 0.15) is 12.8 Å². The molecular weight excluding hydrogens is 422 g/mol. The van der Waals surface area contributed by atoms with Gasteiger partial charge in [0, 0.05) is 61.5 Å². The molecule has 0 radical (unpaired) electrons. The number of carbonyl (C=O) groups excluding carboxylic acids is 2. The molecule has 3 aromatic rings. The monoisotopic (exact) mass is 447 g/mol. The molecule has 2 aromatic carbocycles. The van der Waals surface area contributed by atoms with Gasteiger partial charge in [-0.1, -0.05) is 30.3 Å². The summed E-state index contributed by atoms with van der Waals surface area (Å²) in [5.41, 5.74) is 3.73. The third kappa shape index (κ3) is 4.31. The van der Waals surface area contributed by atoms with Crippen LogP contribution >= 0.6 is 11.3 Å². The summed E-state index contributed by atoms with van der Waals surface area (Å²) in [5, 5.41) is 6.06. The Balaban J connectivity index is 1.15. The van der Waals surface area contributed by atoms with Gasteiger partial charge in [0.25, 0.3) is 0 Å². The zero-order valence-corrected chi connectivity index (χ0v) is 18.6. The van der Waals surface area contributed by atoms with Gasteiger partial charge in [-0.15, -0.1) is 11.3 Å². The summed E-state index contributed by atoms with van der Waals surface area (Å²) >= 11 is 1.64. The second-order valence-corrected chi connectivity index (χ2v) is 8.82. The van der Waals surface area contributed by atoms with Crippen molar-refractivity contribution in [1.29, 1.82) is 0 Å². The van der Waals surface area contributed by atoms with Crippen LogP contribution in [0.25, 0.3) is 11.3 Å². The number of nitrogens with one attached hydrogen (secondary N) is 1. The lowest BCUT2D eigenvalue weighted by atomic mass is 10.2. The van der Waals surface area contributed by atoms with Gasteiger partial charge in [0.05, 0.1) is 5.69 Å². The van der Waals surface area contributed by atoms with Crippen molar-refractivity contribution in [3.63, 3.8) is 0 Å². The predicted molar refractivity (Wildman–Crippen MR) is 128 cm³/mol. The van der Waals surface area contributed by atoms with E-state index in [0.29, 0.717) is 19.5 Å². The predicted octanol–water partition coefficient (Wildman–Crippen LogP) is 4.29. The number of rotatable bonds is 4. The molecule has 0 aliphatic carbocycles. The van der Waals surface area contributed by atoms with Crippen LogP contribution in [0, 0.1) is 0 Å². The van der Waals surface area contributed by atoms with Gasteiger partial charge in [-0.05, 0) is 30.7 Å². The van der Waals surface area contributed by atoms with E-state index in [0.717, 1.165) is 53.8 Å². The topological polar surface area (TPSA) is 68.8 Å². The van der Waals surface area contributed by atoms with Gasteiger partial charge in [-0.25, -0.2) is 9.78 Å². The van der Waals surface area contributed by atoms with Gasteiger partial charge in [-0.2, -0.15) is 0 Å². The van der Waals surface area contributed by atoms with Crippen LogP contribution in [0.5, 0.6) is 0 Å². The Bertz CT molecular complexity index is 1090. The Morgan fingerprint density at radius 1 is 0.938 bits per heavy atom. The number of piperazine rings is 1. The lowest BCUT2D eigenvalue weighted by Gasteiger charge is -2.34. The number of amides is 3. The summed E-state index contributed by atoms with van der Waals surface area (Å²) in [4.78, 5) is 35.3. The molecule has 1 aromatic heterocycles. The molecule has 0 atom stereocenters. The van der Waals surface area contributed by atoms with Gasteiger partial charge in [0.2, 0.25) is 5.91 Å². The largest absolute Gasteiger partial charge is 0.345 e. The van der Waals surface area contributed by atoms with Crippen LogP contribution < -0.4 is 15.1 Å². The summed E-state index contributed by atoms with van der Waals surface area (Å²) in [6, 6.07) is 17.6. The van der Waals surface area contributed by atoms with Gasteiger partial charge >= 0.3 is 6.03 Å². The number of hydrogen-bond donors (Lipinski definition) is 1. The molecule has 7 nitrogen and oxygen atoms in total. The van der Waals surface area contributed by atoms with E-state index >= 15 is 0 Å². The second-order valence-electron chi connectivity index (χ2n) is 7.98. The quantitative estimate of drug-likeness (QED) is 0.648. The van der Waals surface area contributed by atoms with E-state index in [-0.39, 0.29) is 11.9 Å². The molecule has 1 N–H and O–H groups in total. The first-order valence-corrected chi connectivity index (χ1v) is 11.8. The summed E-state index contributed by atoms with van der Waals surface area (Å²) in [6.07, 6.45) is 1.51. The van der Waals surface area contributed by atoms with Gasteiger partial charge in [0.15, 0.2) is 5.13 Å². The van der Waals surface area contributed by atoms with E-state index in [1.807, 2.05) is 47.4 Å². The summed E-state index contributed by atoms with van der Waals surface area (Å²) in [5.74, 6) is 0.163. The second kappa shape index (κ2) is 9.00. The third-order valence-electron chi connectivity index (χ3n) is 5.90. The lowest BCUT2D eigenvalue weighted by Crippen LogP contribution is -2.50. The highest BCUT2D eigenvalue weighted by Gasteiger charge is 2.24. The maximum absolute atomic E-state index is 12.7. The van der Waals surface area contributed by atoms with Gasteiger partial charge in [0.1, 0.15) is 0 Å². The number of nitrogens with zero attached hydrogens (tertiary/aromatic N) is 4. The van der Waals surface area contributed by atoms with Crippen molar-refractivity contribution in [2.45, 2.75) is 12.8 Å². The normalized spacial score (nSPS) is 16.5. The maximum Gasteiger partial charge on any atom is 0.321 e. The Morgan fingerprint density at radius 3 is 2.38 bits per heavy atom. The SMILES string of the molecule is O=C(Nc1ccc(N2CCCC2=O)cc1)N1CCN(c2nc(-c3ccccc3)cs2)CC1. The first kappa shape index (κ1) is 20.5. The van der Waals surface area contributed by atoms with Crippen LogP contribution in [-0.2, 0) is 4.79 Å². The molecule has 0 spiro atoms. The fourth-order valence-electron chi connectivity index (χ4n) is 4.10. The van der Waals surface area contributed by atoms with Crippen LogP contribution in [0.4, 0.5) is 21.3 Å². The molecule has 3 amide bonds. The molecule has 2 aliphatic rings. The van der Waals surface area contributed by atoms with E-state index in [1.54, 1.807) is 16.2 Å². The van der Waals surface area contributed by atoms with Crippen molar-refractivity contribution in [3.8, 4) is 11.3 Å². The highest BCUT2D eigenvalue weighted by Crippen LogP contribution is 2.28. The van der Waals surface area contributed by atoms with Gasteiger partial charge < -0.3 is 20.0 Å². The highest BCUT2D eigenvalue weighted by atomic mass is 32.1. The van der Waals surface area contributed by atoms with Crippen LogP contribution in [-0.4, -0.2) is 54.5 Å². The molecule has 2 fully saturated rings. The summed E-state index contributed by atoms with van der Waals surface area (Å²) in [7, 11) is 0. The van der Waals surface area contributed by atoms with Crippen molar-refractivity contribution in [2.75, 3.05) is 47.8 Å². The van der Waals surface area contributed by atoms with Gasteiger partial charge in [-0.3, -0.25) is 4.79 Å². The number of carbonyl (C=O) groups is 2.